The van der Waals surface area contributed by atoms with Gasteiger partial charge in [0.25, 0.3) is 0 Å². The summed E-state index contributed by atoms with van der Waals surface area (Å²) in [7, 11) is 0. The van der Waals surface area contributed by atoms with E-state index in [2.05, 4.69) is 6.58 Å². The van der Waals surface area contributed by atoms with Crippen molar-refractivity contribution in [3.05, 3.63) is 12.2 Å². The summed E-state index contributed by atoms with van der Waals surface area (Å²) in [4.78, 5) is 11.3. The van der Waals surface area contributed by atoms with Crippen LogP contribution in [0.15, 0.2) is 12.2 Å². The summed E-state index contributed by atoms with van der Waals surface area (Å²) in [6.07, 6.45) is -1.10. The minimum absolute atomic E-state index is 0.232. The highest BCUT2D eigenvalue weighted by atomic mass is 16.9. The maximum atomic E-state index is 11.3. The third-order valence-electron chi connectivity index (χ3n) is 1.42. The third-order valence-corrected chi connectivity index (χ3v) is 1.42. The second-order valence-electron chi connectivity index (χ2n) is 3.18. The summed E-state index contributed by atoms with van der Waals surface area (Å²) < 4.78 is 15.0. The van der Waals surface area contributed by atoms with Gasteiger partial charge in [0.05, 0.1) is 6.61 Å². The molecule has 5 heteroatoms. The van der Waals surface area contributed by atoms with Crippen molar-refractivity contribution in [2.75, 3.05) is 6.61 Å². The molecule has 0 saturated carbocycles. The standard InChI is InChI=1S/C10H18O5/c1-6-13-10(5,14-8(4)11)15-9(12)7(2)3/h8,11H,2,6H2,1,3-5H3. The maximum Gasteiger partial charge on any atom is 0.337 e. The fraction of sp³-hybridized carbons (Fsp3) is 0.700. The predicted octanol–water partition coefficient (Wildman–Crippen LogP) is 1.17. The van der Waals surface area contributed by atoms with Gasteiger partial charge in [0.15, 0.2) is 6.29 Å². The van der Waals surface area contributed by atoms with Crippen LogP contribution >= 0.6 is 0 Å². The molecule has 0 aliphatic rings. The van der Waals surface area contributed by atoms with Gasteiger partial charge in [0, 0.05) is 12.5 Å². The lowest BCUT2D eigenvalue weighted by Gasteiger charge is -2.29. The number of esters is 1. The van der Waals surface area contributed by atoms with E-state index < -0.39 is 18.2 Å². The molecule has 0 saturated heterocycles. The first-order valence-corrected chi connectivity index (χ1v) is 4.69. The summed E-state index contributed by atoms with van der Waals surface area (Å²) >= 11 is 0. The van der Waals surface area contributed by atoms with Crippen molar-refractivity contribution in [1.29, 1.82) is 0 Å². The smallest absolute Gasteiger partial charge is 0.337 e. The first-order chi connectivity index (χ1) is 6.80. The molecule has 0 aliphatic heterocycles. The molecule has 15 heavy (non-hydrogen) atoms. The molecule has 88 valence electrons. The van der Waals surface area contributed by atoms with Gasteiger partial charge in [-0.2, -0.15) is 0 Å². The summed E-state index contributed by atoms with van der Waals surface area (Å²) in [6, 6.07) is 0. The number of rotatable bonds is 6. The van der Waals surface area contributed by atoms with E-state index in [1.54, 1.807) is 6.92 Å². The first kappa shape index (κ1) is 14.1. The van der Waals surface area contributed by atoms with Crippen molar-refractivity contribution in [1.82, 2.24) is 0 Å². The van der Waals surface area contributed by atoms with E-state index in [4.69, 9.17) is 19.3 Å². The summed E-state index contributed by atoms with van der Waals surface area (Å²) in [5, 5.41) is 9.05. The maximum absolute atomic E-state index is 11.3. The van der Waals surface area contributed by atoms with Gasteiger partial charge in [-0.15, -0.1) is 0 Å². The van der Waals surface area contributed by atoms with Crippen molar-refractivity contribution in [3.8, 4) is 0 Å². The van der Waals surface area contributed by atoms with Crippen LogP contribution in [0.3, 0.4) is 0 Å². The number of ether oxygens (including phenoxy) is 3. The Morgan fingerprint density at radius 3 is 2.47 bits per heavy atom. The van der Waals surface area contributed by atoms with Gasteiger partial charge >= 0.3 is 11.9 Å². The monoisotopic (exact) mass is 218 g/mol. The molecule has 0 heterocycles. The lowest BCUT2D eigenvalue weighted by atomic mass is 10.4. The predicted molar refractivity (Wildman–Crippen MR) is 53.7 cm³/mol. The Bertz CT molecular complexity index is 236. The van der Waals surface area contributed by atoms with Crippen molar-refractivity contribution in [3.63, 3.8) is 0 Å². The van der Waals surface area contributed by atoms with Gasteiger partial charge in [-0.3, -0.25) is 4.74 Å². The molecule has 0 amide bonds. The Labute approximate surface area is 89.6 Å². The summed E-state index contributed by atoms with van der Waals surface area (Å²) in [5.41, 5.74) is 0.232. The van der Waals surface area contributed by atoms with Gasteiger partial charge in [-0.05, 0) is 20.8 Å². The van der Waals surface area contributed by atoms with Crippen LogP contribution in [0.2, 0.25) is 0 Å². The number of carbonyl (C=O) groups is 1. The Kier molecular flexibility index (Phi) is 5.49. The second kappa shape index (κ2) is 5.85. The lowest BCUT2D eigenvalue weighted by molar-refractivity contribution is -0.384. The minimum Gasteiger partial charge on any atom is -0.405 e. The molecule has 1 N–H and O–H groups in total. The first-order valence-electron chi connectivity index (χ1n) is 4.69. The molecule has 2 unspecified atom stereocenters. The lowest BCUT2D eigenvalue weighted by Crippen LogP contribution is -2.40. The van der Waals surface area contributed by atoms with Gasteiger partial charge in [0.2, 0.25) is 0 Å². The zero-order valence-electron chi connectivity index (χ0n) is 9.57. The van der Waals surface area contributed by atoms with Crippen LogP contribution in [0.5, 0.6) is 0 Å². The van der Waals surface area contributed by atoms with E-state index in [1.165, 1.54) is 20.8 Å². The number of hydrogen-bond acceptors (Lipinski definition) is 5. The summed E-state index contributed by atoms with van der Waals surface area (Å²) in [6.45, 7) is 9.75. The van der Waals surface area contributed by atoms with E-state index in [-0.39, 0.29) is 12.2 Å². The largest absolute Gasteiger partial charge is 0.405 e. The molecule has 0 bridgehead atoms. The molecule has 5 nitrogen and oxygen atoms in total. The van der Waals surface area contributed by atoms with Crippen LogP contribution in [0.4, 0.5) is 0 Å². The molecule has 0 aliphatic carbocycles. The third kappa shape index (κ3) is 5.51. The van der Waals surface area contributed by atoms with Crippen LogP contribution < -0.4 is 0 Å². The molecule has 0 spiro atoms. The van der Waals surface area contributed by atoms with Crippen LogP contribution in [-0.2, 0) is 19.0 Å². The average molecular weight is 218 g/mol. The van der Waals surface area contributed by atoms with Gasteiger partial charge in [-0.25, -0.2) is 4.79 Å². The van der Waals surface area contributed by atoms with Crippen LogP contribution in [0.1, 0.15) is 27.7 Å². The quantitative estimate of drug-likeness (QED) is 0.412. The van der Waals surface area contributed by atoms with Crippen molar-refractivity contribution in [2.24, 2.45) is 0 Å². The van der Waals surface area contributed by atoms with Crippen molar-refractivity contribution < 1.29 is 24.1 Å². The Morgan fingerprint density at radius 1 is 1.60 bits per heavy atom. The SMILES string of the molecule is C=C(C)C(=O)OC(C)(OCC)OC(C)O. The highest BCUT2D eigenvalue weighted by Gasteiger charge is 2.32. The molecule has 0 radical (unpaired) electrons. The van der Waals surface area contributed by atoms with E-state index >= 15 is 0 Å². The highest BCUT2D eigenvalue weighted by Crippen LogP contribution is 2.18. The van der Waals surface area contributed by atoms with Crippen LogP contribution in [-0.4, -0.2) is 29.9 Å². The fourth-order valence-electron chi connectivity index (χ4n) is 0.915. The molecular formula is C10H18O5. The molecule has 2 atom stereocenters. The van der Waals surface area contributed by atoms with E-state index in [0.717, 1.165) is 0 Å². The van der Waals surface area contributed by atoms with Crippen molar-refractivity contribution >= 4 is 5.97 Å². The molecule has 0 aromatic heterocycles. The normalized spacial score (nSPS) is 16.6. The summed E-state index contributed by atoms with van der Waals surface area (Å²) in [5.74, 6) is -2.22. The molecule has 0 aromatic carbocycles. The Balaban J connectivity index is 4.49. The highest BCUT2D eigenvalue weighted by molar-refractivity contribution is 5.87. The molecule has 0 rings (SSSR count). The van der Waals surface area contributed by atoms with Crippen LogP contribution in [0, 0.1) is 0 Å². The molecule has 0 aromatic rings. The number of aliphatic hydroxyl groups is 1. The number of hydrogen-bond donors (Lipinski definition) is 1. The minimum atomic E-state index is -1.58. The van der Waals surface area contributed by atoms with Gasteiger partial charge < -0.3 is 14.6 Å². The zero-order chi connectivity index (χ0) is 12.1. The van der Waals surface area contributed by atoms with E-state index in [0.29, 0.717) is 0 Å². The van der Waals surface area contributed by atoms with Crippen molar-refractivity contribution in [2.45, 2.75) is 40.0 Å². The van der Waals surface area contributed by atoms with E-state index in [1.807, 2.05) is 0 Å². The van der Waals surface area contributed by atoms with Crippen LogP contribution in [0.25, 0.3) is 0 Å². The van der Waals surface area contributed by atoms with E-state index in [9.17, 15) is 4.79 Å². The second-order valence-corrected chi connectivity index (χ2v) is 3.18. The fourth-order valence-corrected chi connectivity index (χ4v) is 0.915. The topological polar surface area (TPSA) is 65.0 Å². The Hall–Kier alpha value is -0.910. The van der Waals surface area contributed by atoms with Gasteiger partial charge in [-0.1, -0.05) is 6.58 Å². The average Bonchev–Trinajstić information content (AvgIpc) is 2.01. The number of carbonyl (C=O) groups excluding carboxylic acids is 1. The molecule has 0 fully saturated rings. The number of aliphatic hydroxyl groups excluding tert-OH is 1. The zero-order valence-corrected chi connectivity index (χ0v) is 9.57. The Morgan fingerprint density at radius 2 is 2.13 bits per heavy atom. The molecular weight excluding hydrogens is 200 g/mol. The van der Waals surface area contributed by atoms with Gasteiger partial charge in [0.1, 0.15) is 0 Å².